The zero-order valence-corrected chi connectivity index (χ0v) is 15.2. The van der Waals surface area contributed by atoms with E-state index in [-0.39, 0.29) is 5.91 Å². The van der Waals surface area contributed by atoms with Crippen LogP contribution in [-0.4, -0.2) is 53.7 Å². The quantitative estimate of drug-likeness (QED) is 0.877. The lowest BCUT2D eigenvalue weighted by Gasteiger charge is -2.38. The fourth-order valence-corrected chi connectivity index (χ4v) is 3.46. The van der Waals surface area contributed by atoms with E-state index in [9.17, 15) is 4.79 Å². The Labute approximate surface area is 149 Å². The third-order valence-corrected chi connectivity index (χ3v) is 4.93. The summed E-state index contributed by atoms with van der Waals surface area (Å²) in [5, 5.41) is 10.0. The van der Waals surface area contributed by atoms with Crippen LogP contribution in [0.25, 0.3) is 0 Å². The number of aromatic amines is 1. The summed E-state index contributed by atoms with van der Waals surface area (Å²) in [4.78, 5) is 17.0. The summed E-state index contributed by atoms with van der Waals surface area (Å²) >= 11 is 0. The number of likely N-dealkylation sites (N-methyl/N-ethyl adjacent to an activating group) is 1. The van der Waals surface area contributed by atoms with Crippen LogP contribution in [0.4, 0.5) is 11.4 Å². The molecule has 134 valence electrons. The number of benzene rings is 1. The van der Waals surface area contributed by atoms with E-state index in [1.807, 2.05) is 27.0 Å². The predicted molar refractivity (Wildman–Crippen MR) is 101 cm³/mol. The van der Waals surface area contributed by atoms with Crippen LogP contribution in [0.15, 0.2) is 30.3 Å². The van der Waals surface area contributed by atoms with Crippen molar-refractivity contribution in [3.05, 3.63) is 41.7 Å². The van der Waals surface area contributed by atoms with Gasteiger partial charge in [-0.05, 0) is 45.9 Å². The van der Waals surface area contributed by atoms with Gasteiger partial charge in [0, 0.05) is 24.8 Å². The van der Waals surface area contributed by atoms with E-state index < -0.39 is 0 Å². The van der Waals surface area contributed by atoms with Gasteiger partial charge in [-0.2, -0.15) is 5.10 Å². The molecule has 1 amide bonds. The number of H-pyrrole nitrogens is 1. The summed E-state index contributed by atoms with van der Waals surface area (Å²) in [6, 6.07) is 10.9. The molecule has 6 nitrogen and oxygen atoms in total. The summed E-state index contributed by atoms with van der Waals surface area (Å²) in [7, 11) is 2.04. The van der Waals surface area contributed by atoms with Crippen LogP contribution in [0.1, 0.15) is 24.2 Å². The monoisotopic (exact) mass is 341 g/mol. The van der Waals surface area contributed by atoms with E-state index in [1.54, 1.807) is 0 Å². The Kier molecular flexibility index (Phi) is 5.38. The van der Waals surface area contributed by atoms with Crippen LogP contribution < -0.4 is 10.2 Å². The number of piperidine rings is 1. The Bertz CT molecular complexity index is 692. The highest BCUT2D eigenvalue weighted by molar-refractivity contribution is 5.93. The van der Waals surface area contributed by atoms with Gasteiger partial charge in [-0.1, -0.05) is 18.2 Å². The summed E-state index contributed by atoms with van der Waals surface area (Å²) in [5.41, 5.74) is 3.77. The number of para-hydroxylation sites is 1. The third kappa shape index (κ3) is 4.20. The van der Waals surface area contributed by atoms with E-state index in [2.05, 4.69) is 49.6 Å². The summed E-state index contributed by atoms with van der Waals surface area (Å²) in [6.07, 6.45) is 2.27. The van der Waals surface area contributed by atoms with E-state index in [4.69, 9.17) is 0 Å². The van der Waals surface area contributed by atoms with Crippen molar-refractivity contribution >= 4 is 17.3 Å². The number of nitrogens with zero attached hydrogens (tertiary/aromatic N) is 3. The molecule has 1 aliphatic heterocycles. The fourth-order valence-electron chi connectivity index (χ4n) is 3.46. The van der Waals surface area contributed by atoms with Crippen molar-refractivity contribution < 1.29 is 4.79 Å². The van der Waals surface area contributed by atoms with E-state index in [0.717, 1.165) is 43.0 Å². The van der Waals surface area contributed by atoms with Crippen LogP contribution in [0.5, 0.6) is 0 Å². The van der Waals surface area contributed by atoms with Crippen LogP contribution in [0, 0.1) is 13.8 Å². The maximum absolute atomic E-state index is 12.4. The molecule has 0 aliphatic carbocycles. The first-order valence-electron chi connectivity index (χ1n) is 8.86. The Morgan fingerprint density at radius 2 is 2.12 bits per heavy atom. The zero-order valence-electron chi connectivity index (χ0n) is 15.2. The molecule has 0 radical (unpaired) electrons. The molecule has 0 saturated carbocycles. The maximum atomic E-state index is 12.4. The number of carbonyl (C=O) groups excluding carboxylic acids is 1. The fraction of sp³-hybridized carbons (Fsp3) is 0.474. The van der Waals surface area contributed by atoms with Crippen molar-refractivity contribution in [1.82, 2.24) is 15.1 Å². The van der Waals surface area contributed by atoms with E-state index in [0.29, 0.717) is 12.6 Å². The highest BCUT2D eigenvalue weighted by Gasteiger charge is 2.25. The molecule has 2 aromatic rings. The normalized spacial score (nSPS) is 17.8. The molecule has 2 N–H and O–H groups in total. The molecule has 0 unspecified atom stereocenters. The van der Waals surface area contributed by atoms with Crippen LogP contribution in [0.2, 0.25) is 0 Å². The van der Waals surface area contributed by atoms with Crippen molar-refractivity contribution in [2.45, 2.75) is 32.7 Å². The van der Waals surface area contributed by atoms with Gasteiger partial charge in [0.05, 0.1) is 23.6 Å². The van der Waals surface area contributed by atoms with Crippen molar-refractivity contribution in [3.63, 3.8) is 0 Å². The summed E-state index contributed by atoms with van der Waals surface area (Å²) in [6.45, 7) is 6.22. The number of aromatic nitrogens is 2. The minimum Gasteiger partial charge on any atom is -0.370 e. The minimum atomic E-state index is 0.00642. The van der Waals surface area contributed by atoms with Crippen molar-refractivity contribution in [2.75, 3.05) is 36.9 Å². The SMILES string of the molecule is Cc1n[nH]c(C)c1NC(=O)CN(C)[C@@H]1CCCN(c2ccccc2)C1. The van der Waals surface area contributed by atoms with Gasteiger partial charge in [0.15, 0.2) is 0 Å². The molecule has 1 aromatic carbocycles. The summed E-state index contributed by atoms with van der Waals surface area (Å²) < 4.78 is 0. The molecule has 1 aliphatic rings. The predicted octanol–water partition coefficient (Wildman–Crippen LogP) is 2.57. The first-order valence-corrected chi connectivity index (χ1v) is 8.86. The molecule has 1 fully saturated rings. The lowest BCUT2D eigenvalue weighted by atomic mass is 10.0. The van der Waals surface area contributed by atoms with Crippen LogP contribution in [-0.2, 0) is 4.79 Å². The van der Waals surface area contributed by atoms with Gasteiger partial charge < -0.3 is 10.2 Å². The first-order chi connectivity index (χ1) is 12.0. The second-order valence-corrected chi connectivity index (χ2v) is 6.85. The summed E-state index contributed by atoms with van der Waals surface area (Å²) in [5.74, 6) is 0.00642. The number of carbonyl (C=O) groups is 1. The van der Waals surface area contributed by atoms with Gasteiger partial charge in [0.2, 0.25) is 5.91 Å². The van der Waals surface area contributed by atoms with Gasteiger partial charge >= 0.3 is 0 Å². The van der Waals surface area contributed by atoms with Crippen LogP contribution >= 0.6 is 0 Å². The van der Waals surface area contributed by atoms with Gasteiger partial charge in [-0.25, -0.2) is 0 Å². The molecular weight excluding hydrogens is 314 g/mol. The van der Waals surface area contributed by atoms with E-state index in [1.165, 1.54) is 5.69 Å². The topological polar surface area (TPSA) is 64.3 Å². The van der Waals surface area contributed by atoms with Gasteiger partial charge in [-0.15, -0.1) is 0 Å². The lowest BCUT2D eigenvalue weighted by Crippen LogP contribution is -2.48. The number of aryl methyl sites for hydroxylation is 2. The molecule has 1 saturated heterocycles. The third-order valence-electron chi connectivity index (χ3n) is 4.93. The standard InChI is InChI=1S/C19H27N5O/c1-14-19(15(2)22-21-14)20-18(25)13-23(3)17-10-7-11-24(12-17)16-8-5-4-6-9-16/h4-6,8-9,17H,7,10-13H2,1-3H3,(H,20,25)(H,21,22)/t17-/m1/s1. The molecule has 6 heteroatoms. The molecule has 1 atom stereocenters. The maximum Gasteiger partial charge on any atom is 0.238 e. The van der Waals surface area contributed by atoms with Crippen LogP contribution in [0.3, 0.4) is 0 Å². The number of amides is 1. The second kappa shape index (κ2) is 7.70. The number of hydrogen-bond acceptors (Lipinski definition) is 4. The van der Waals surface area contributed by atoms with E-state index >= 15 is 0 Å². The smallest absolute Gasteiger partial charge is 0.238 e. The molecular formula is C19H27N5O. The number of anilines is 2. The average Bonchev–Trinajstić information content (AvgIpc) is 2.94. The van der Waals surface area contributed by atoms with Gasteiger partial charge in [0.25, 0.3) is 0 Å². The van der Waals surface area contributed by atoms with Gasteiger partial charge in [-0.3, -0.25) is 14.8 Å². The average molecular weight is 341 g/mol. The Morgan fingerprint density at radius 3 is 2.80 bits per heavy atom. The van der Waals surface area contributed by atoms with Gasteiger partial charge in [0.1, 0.15) is 0 Å². The largest absolute Gasteiger partial charge is 0.370 e. The molecule has 25 heavy (non-hydrogen) atoms. The lowest BCUT2D eigenvalue weighted by molar-refractivity contribution is -0.117. The number of nitrogens with one attached hydrogen (secondary N) is 2. The molecule has 1 aromatic heterocycles. The van der Waals surface area contributed by atoms with Crippen molar-refractivity contribution in [1.29, 1.82) is 0 Å². The number of rotatable bonds is 5. The van der Waals surface area contributed by atoms with Crippen molar-refractivity contribution in [3.8, 4) is 0 Å². The molecule has 0 spiro atoms. The Balaban J connectivity index is 1.57. The molecule has 3 rings (SSSR count). The highest BCUT2D eigenvalue weighted by atomic mass is 16.2. The van der Waals surface area contributed by atoms with Crippen molar-refractivity contribution in [2.24, 2.45) is 0 Å². The molecule has 2 heterocycles. The highest BCUT2D eigenvalue weighted by Crippen LogP contribution is 2.22. The Hall–Kier alpha value is -2.34. The Morgan fingerprint density at radius 1 is 1.36 bits per heavy atom. The molecule has 0 bridgehead atoms. The number of hydrogen-bond donors (Lipinski definition) is 2. The minimum absolute atomic E-state index is 0.00642. The zero-order chi connectivity index (χ0) is 17.8. The first kappa shape index (κ1) is 17.5. The second-order valence-electron chi connectivity index (χ2n) is 6.85.